The summed E-state index contributed by atoms with van der Waals surface area (Å²) in [5.41, 5.74) is 1.14. The largest absolute Gasteiger partial charge is 0.212 e. The van der Waals surface area contributed by atoms with Crippen molar-refractivity contribution >= 4 is 34.1 Å². The van der Waals surface area contributed by atoms with Gasteiger partial charge in [0.1, 0.15) is 0 Å². The van der Waals surface area contributed by atoms with Crippen molar-refractivity contribution in [2.24, 2.45) is 0 Å². The molecule has 0 saturated carbocycles. The van der Waals surface area contributed by atoms with E-state index in [4.69, 9.17) is 0 Å². The Bertz CT molecular complexity index is 451. The second-order valence-electron chi connectivity index (χ2n) is 3.86. The molecular weight excluding hydrogens is 319 g/mol. The maximum Gasteiger partial charge on any atom is 0.174 e. The molecule has 4 heteroatoms. The molecule has 0 N–H and O–H groups in total. The van der Waals surface area contributed by atoms with E-state index < -0.39 is 0 Å². The molecule has 0 fully saturated rings. The minimum atomic E-state index is -0.110. The Hall–Kier alpha value is -0.490. The predicted molar refractivity (Wildman–Crippen MR) is 71.2 cm³/mol. The molecule has 0 bridgehead atoms. The van der Waals surface area contributed by atoms with Gasteiger partial charge in [0, 0.05) is 0 Å². The lowest BCUT2D eigenvalue weighted by molar-refractivity contribution is 0.600. The maximum absolute atomic E-state index is 4.45. The number of hydrogen-bond acceptors (Lipinski definition) is 3. The van der Waals surface area contributed by atoms with Crippen LogP contribution in [0.3, 0.4) is 0 Å². The Labute approximate surface area is 107 Å². The second-order valence-corrected chi connectivity index (χ2v) is 6.37. The Balaban J connectivity index is 2.43. The normalized spacial score (nSPS) is 11.7. The summed E-state index contributed by atoms with van der Waals surface area (Å²) in [6.45, 7) is 4.31. The highest BCUT2D eigenvalue weighted by Gasteiger charge is 2.27. The van der Waals surface area contributed by atoms with Gasteiger partial charge >= 0.3 is 0 Å². The van der Waals surface area contributed by atoms with E-state index in [-0.39, 0.29) is 5.41 Å². The van der Waals surface area contributed by atoms with Crippen LogP contribution in [-0.2, 0) is 5.41 Å². The number of hydrogen-bond donors (Lipinski definition) is 0. The quantitative estimate of drug-likeness (QED) is 0.788. The molecule has 0 aliphatic rings. The van der Waals surface area contributed by atoms with Crippen molar-refractivity contribution in [2.75, 3.05) is 0 Å². The topological polar surface area (TPSA) is 25.8 Å². The molecule has 0 atom stereocenters. The third kappa shape index (κ3) is 2.20. The fourth-order valence-corrected chi connectivity index (χ4v) is 2.52. The molecule has 0 unspecified atom stereocenters. The zero-order chi connectivity index (χ0) is 10.9. The third-order valence-electron chi connectivity index (χ3n) is 2.46. The van der Waals surface area contributed by atoms with Gasteiger partial charge in [0.15, 0.2) is 8.84 Å². The number of benzene rings is 1. The van der Waals surface area contributed by atoms with Crippen LogP contribution in [0.5, 0.6) is 0 Å². The SMILES string of the molecule is CC(C)(c1ccccc1)c1nsc(I)n1. The van der Waals surface area contributed by atoms with Crippen LogP contribution in [0.4, 0.5) is 0 Å². The molecule has 1 aromatic carbocycles. The number of aromatic nitrogens is 2. The molecule has 0 amide bonds. The Kier molecular flexibility index (Phi) is 3.06. The molecule has 1 aromatic heterocycles. The predicted octanol–water partition coefficient (Wildman–Crippen LogP) is 3.47. The van der Waals surface area contributed by atoms with Crippen molar-refractivity contribution in [1.29, 1.82) is 0 Å². The van der Waals surface area contributed by atoms with Gasteiger partial charge in [-0.15, -0.1) is 0 Å². The summed E-state index contributed by atoms with van der Waals surface area (Å²) >= 11 is 3.66. The van der Waals surface area contributed by atoms with E-state index >= 15 is 0 Å². The zero-order valence-corrected chi connectivity index (χ0v) is 11.5. The van der Waals surface area contributed by atoms with E-state index in [0.29, 0.717) is 0 Å². The van der Waals surface area contributed by atoms with Crippen LogP contribution in [0, 0.1) is 3.01 Å². The van der Waals surface area contributed by atoms with Crippen LogP contribution in [0.1, 0.15) is 25.2 Å². The van der Waals surface area contributed by atoms with E-state index in [1.54, 1.807) is 0 Å². The van der Waals surface area contributed by atoms with Gasteiger partial charge in [0.2, 0.25) is 0 Å². The van der Waals surface area contributed by atoms with Crippen molar-refractivity contribution in [1.82, 2.24) is 9.36 Å². The molecule has 2 nitrogen and oxygen atoms in total. The van der Waals surface area contributed by atoms with E-state index in [0.717, 1.165) is 8.84 Å². The molecule has 2 rings (SSSR count). The Morgan fingerprint density at radius 2 is 1.87 bits per heavy atom. The van der Waals surface area contributed by atoms with Crippen LogP contribution in [0.25, 0.3) is 0 Å². The highest BCUT2D eigenvalue weighted by atomic mass is 127. The minimum absolute atomic E-state index is 0.110. The zero-order valence-electron chi connectivity index (χ0n) is 8.57. The standard InChI is InChI=1S/C11H11IN2S/c1-11(2,8-6-4-3-5-7-8)9-13-10(12)15-14-9/h3-7H,1-2H3. The van der Waals surface area contributed by atoms with Crippen molar-refractivity contribution in [3.8, 4) is 0 Å². The van der Waals surface area contributed by atoms with Crippen LogP contribution >= 0.6 is 34.1 Å². The molecule has 1 heterocycles. The van der Waals surface area contributed by atoms with Gasteiger partial charge in [-0.1, -0.05) is 30.3 Å². The first-order valence-corrected chi connectivity index (χ1v) is 6.51. The average molecular weight is 330 g/mol. The molecule has 78 valence electrons. The molecule has 0 radical (unpaired) electrons. The lowest BCUT2D eigenvalue weighted by Crippen LogP contribution is -2.20. The first kappa shape index (κ1) is 11.0. The van der Waals surface area contributed by atoms with Crippen molar-refractivity contribution in [3.05, 3.63) is 44.7 Å². The minimum Gasteiger partial charge on any atom is -0.212 e. The Morgan fingerprint density at radius 1 is 1.20 bits per heavy atom. The van der Waals surface area contributed by atoms with Crippen LogP contribution < -0.4 is 0 Å². The molecular formula is C11H11IN2S. The highest BCUT2D eigenvalue weighted by Crippen LogP contribution is 2.29. The van der Waals surface area contributed by atoms with Gasteiger partial charge in [-0.25, -0.2) is 4.98 Å². The van der Waals surface area contributed by atoms with Gasteiger partial charge in [-0.05, 0) is 53.5 Å². The maximum atomic E-state index is 4.45. The van der Waals surface area contributed by atoms with Gasteiger partial charge in [0.05, 0.1) is 5.41 Å². The van der Waals surface area contributed by atoms with Crippen LogP contribution in [-0.4, -0.2) is 9.36 Å². The first-order valence-electron chi connectivity index (χ1n) is 4.66. The lowest BCUT2D eigenvalue weighted by atomic mass is 9.84. The molecule has 15 heavy (non-hydrogen) atoms. The van der Waals surface area contributed by atoms with Gasteiger partial charge in [0.25, 0.3) is 0 Å². The average Bonchev–Trinajstić information content (AvgIpc) is 2.67. The first-order chi connectivity index (χ1) is 7.10. The van der Waals surface area contributed by atoms with Crippen LogP contribution in [0.2, 0.25) is 0 Å². The molecule has 0 aliphatic carbocycles. The van der Waals surface area contributed by atoms with Gasteiger partial charge in [-0.2, -0.15) is 4.37 Å². The molecule has 0 saturated heterocycles. The van der Waals surface area contributed by atoms with Crippen molar-refractivity contribution in [2.45, 2.75) is 19.3 Å². The number of halogens is 1. The fraction of sp³-hybridized carbons (Fsp3) is 0.273. The fourth-order valence-electron chi connectivity index (χ4n) is 1.44. The van der Waals surface area contributed by atoms with E-state index in [1.165, 1.54) is 17.1 Å². The smallest absolute Gasteiger partial charge is 0.174 e. The summed E-state index contributed by atoms with van der Waals surface area (Å²) in [6.07, 6.45) is 0. The monoisotopic (exact) mass is 330 g/mol. The Morgan fingerprint density at radius 3 is 2.40 bits per heavy atom. The van der Waals surface area contributed by atoms with E-state index in [2.05, 4.69) is 70.1 Å². The highest BCUT2D eigenvalue weighted by molar-refractivity contribution is 14.1. The summed E-state index contributed by atoms with van der Waals surface area (Å²) in [4.78, 5) is 4.45. The second kappa shape index (κ2) is 4.17. The van der Waals surface area contributed by atoms with E-state index in [9.17, 15) is 0 Å². The van der Waals surface area contributed by atoms with Gasteiger partial charge < -0.3 is 0 Å². The summed E-state index contributed by atoms with van der Waals surface area (Å²) in [5, 5.41) is 0. The summed E-state index contributed by atoms with van der Waals surface area (Å²) in [6, 6.07) is 10.4. The van der Waals surface area contributed by atoms with E-state index in [1.807, 2.05) is 6.07 Å². The van der Waals surface area contributed by atoms with Crippen LogP contribution in [0.15, 0.2) is 30.3 Å². The summed E-state index contributed by atoms with van der Waals surface area (Å²) in [5.74, 6) is 0.906. The summed E-state index contributed by atoms with van der Waals surface area (Å²) < 4.78 is 5.38. The number of rotatable bonds is 2. The van der Waals surface area contributed by atoms with Crippen molar-refractivity contribution < 1.29 is 0 Å². The van der Waals surface area contributed by atoms with Gasteiger partial charge in [-0.3, -0.25) is 0 Å². The molecule has 0 spiro atoms. The molecule has 2 aromatic rings. The summed E-state index contributed by atoms with van der Waals surface area (Å²) in [7, 11) is 0. The third-order valence-corrected chi connectivity index (χ3v) is 3.79. The molecule has 0 aliphatic heterocycles. The van der Waals surface area contributed by atoms with Crippen molar-refractivity contribution in [3.63, 3.8) is 0 Å². The number of nitrogens with zero attached hydrogens (tertiary/aromatic N) is 2. The lowest BCUT2D eigenvalue weighted by Gasteiger charge is -2.21.